The number of anilines is 1. The maximum atomic E-state index is 12.7. The fourth-order valence-corrected chi connectivity index (χ4v) is 2.04. The van der Waals surface area contributed by atoms with E-state index in [0.717, 1.165) is 11.4 Å². The molecule has 0 radical (unpaired) electrons. The van der Waals surface area contributed by atoms with Gasteiger partial charge in [-0.2, -0.15) is 0 Å². The highest BCUT2D eigenvalue weighted by Gasteiger charge is 2.21. The zero-order valence-electron chi connectivity index (χ0n) is 11.9. The van der Waals surface area contributed by atoms with Crippen LogP contribution in [-0.2, 0) is 4.74 Å². The molecule has 0 aliphatic carbocycles. The first kappa shape index (κ1) is 14.3. The molecule has 2 aromatic heterocycles. The van der Waals surface area contributed by atoms with Gasteiger partial charge in [-0.25, -0.2) is 0 Å². The third kappa shape index (κ3) is 3.05. The Balaban J connectivity index is 2.31. The first-order chi connectivity index (χ1) is 9.63. The topological polar surface area (TPSA) is 55.6 Å². The quantitative estimate of drug-likeness (QED) is 0.841. The Labute approximate surface area is 118 Å². The van der Waals surface area contributed by atoms with E-state index in [1.165, 1.54) is 0 Å². The Morgan fingerprint density at radius 3 is 2.60 bits per heavy atom. The van der Waals surface area contributed by atoms with E-state index < -0.39 is 0 Å². The predicted octanol–water partition coefficient (Wildman–Crippen LogP) is 2.58. The van der Waals surface area contributed by atoms with Gasteiger partial charge in [0, 0.05) is 31.7 Å². The molecule has 2 heterocycles. The molecule has 0 aliphatic rings. The summed E-state index contributed by atoms with van der Waals surface area (Å²) in [6.07, 6.45) is 3.33. The smallest absolute Gasteiger partial charge is 0.261 e. The molecule has 5 heteroatoms. The molecular formula is C15H18N2O3. The maximum Gasteiger partial charge on any atom is 0.261 e. The van der Waals surface area contributed by atoms with Gasteiger partial charge in [0.2, 0.25) is 0 Å². The lowest BCUT2D eigenvalue weighted by Crippen LogP contribution is -2.34. The molecule has 0 unspecified atom stereocenters. The molecule has 0 bridgehead atoms. The van der Waals surface area contributed by atoms with Crippen molar-refractivity contribution in [3.63, 3.8) is 0 Å². The number of carbonyl (C=O) groups is 1. The van der Waals surface area contributed by atoms with E-state index in [9.17, 15) is 4.79 Å². The van der Waals surface area contributed by atoms with Gasteiger partial charge < -0.3 is 14.1 Å². The van der Waals surface area contributed by atoms with E-state index in [2.05, 4.69) is 4.98 Å². The summed E-state index contributed by atoms with van der Waals surface area (Å²) in [5.74, 6) is 1.26. The monoisotopic (exact) mass is 274 g/mol. The van der Waals surface area contributed by atoms with Gasteiger partial charge in [-0.05, 0) is 32.0 Å². The largest absolute Gasteiger partial charge is 0.466 e. The van der Waals surface area contributed by atoms with Crippen LogP contribution < -0.4 is 4.90 Å². The van der Waals surface area contributed by atoms with Crippen LogP contribution in [0.2, 0.25) is 0 Å². The van der Waals surface area contributed by atoms with Crippen LogP contribution in [0.3, 0.4) is 0 Å². The minimum atomic E-state index is -0.0948. The minimum absolute atomic E-state index is 0.0948. The van der Waals surface area contributed by atoms with Gasteiger partial charge in [0.15, 0.2) is 0 Å². The van der Waals surface area contributed by atoms with Crippen molar-refractivity contribution < 1.29 is 13.9 Å². The summed E-state index contributed by atoms with van der Waals surface area (Å²) in [7, 11) is 1.61. The number of aryl methyl sites for hydroxylation is 2. The Morgan fingerprint density at radius 1 is 1.35 bits per heavy atom. The molecule has 0 saturated carbocycles. The number of rotatable bonds is 5. The molecule has 0 atom stereocenters. The summed E-state index contributed by atoms with van der Waals surface area (Å²) in [6, 6.07) is 5.37. The van der Waals surface area contributed by atoms with Crippen molar-refractivity contribution >= 4 is 11.6 Å². The third-order valence-electron chi connectivity index (χ3n) is 3.01. The number of ether oxygens (including phenoxy) is 1. The number of carbonyl (C=O) groups excluding carboxylic acids is 1. The lowest BCUT2D eigenvalue weighted by molar-refractivity contribution is 0.0974. The van der Waals surface area contributed by atoms with E-state index in [4.69, 9.17) is 9.15 Å². The lowest BCUT2D eigenvalue weighted by Gasteiger charge is -2.22. The van der Waals surface area contributed by atoms with Gasteiger partial charge in [-0.15, -0.1) is 0 Å². The van der Waals surface area contributed by atoms with Crippen LogP contribution in [0.15, 0.2) is 35.0 Å². The second kappa shape index (κ2) is 6.34. The van der Waals surface area contributed by atoms with Crippen molar-refractivity contribution in [1.29, 1.82) is 0 Å². The second-order valence-electron chi connectivity index (χ2n) is 4.48. The highest BCUT2D eigenvalue weighted by Crippen LogP contribution is 2.20. The summed E-state index contributed by atoms with van der Waals surface area (Å²) in [4.78, 5) is 18.3. The molecule has 106 valence electrons. The van der Waals surface area contributed by atoms with E-state index >= 15 is 0 Å². The third-order valence-corrected chi connectivity index (χ3v) is 3.01. The van der Waals surface area contributed by atoms with Crippen molar-refractivity contribution in [3.05, 3.63) is 47.7 Å². The molecule has 2 aromatic rings. The lowest BCUT2D eigenvalue weighted by atomic mass is 10.2. The summed E-state index contributed by atoms with van der Waals surface area (Å²) >= 11 is 0. The van der Waals surface area contributed by atoms with Crippen LogP contribution in [0.4, 0.5) is 5.69 Å². The highest BCUT2D eigenvalue weighted by molar-refractivity contribution is 6.06. The van der Waals surface area contributed by atoms with Crippen molar-refractivity contribution in [1.82, 2.24) is 4.98 Å². The molecule has 5 nitrogen and oxygen atoms in total. The zero-order chi connectivity index (χ0) is 14.5. The summed E-state index contributed by atoms with van der Waals surface area (Å²) < 4.78 is 10.5. The molecule has 0 saturated heterocycles. The average molecular weight is 274 g/mol. The van der Waals surface area contributed by atoms with Gasteiger partial charge in [0.05, 0.1) is 12.2 Å². The van der Waals surface area contributed by atoms with Crippen molar-refractivity contribution in [2.24, 2.45) is 0 Å². The molecule has 0 spiro atoms. The number of nitrogens with zero attached hydrogens (tertiary/aromatic N) is 2. The number of methoxy groups -OCH3 is 1. The van der Waals surface area contributed by atoms with Crippen LogP contribution in [0.1, 0.15) is 21.9 Å². The zero-order valence-corrected chi connectivity index (χ0v) is 11.9. The van der Waals surface area contributed by atoms with Crippen LogP contribution in [0, 0.1) is 13.8 Å². The maximum absolute atomic E-state index is 12.7. The molecular weight excluding hydrogens is 256 g/mol. The second-order valence-corrected chi connectivity index (χ2v) is 4.48. The van der Waals surface area contributed by atoms with Crippen molar-refractivity contribution in [3.8, 4) is 0 Å². The van der Waals surface area contributed by atoms with Crippen LogP contribution >= 0.6 is 0 Å². The van der Waals surface area contributed by atoms with Gasteiger partial charge in [-0.3, -0.25) is 9.78 Å². The van der Waals surface area contributed by atoms with E-state index in [0.29, 0.717) is 24.5 Å². The normalized spacial score (nSPS) is 10.6. The Kier molecular flexibility index (Phi) is 4.53. The van der Waals surface area contributed by atoms with Gasteiger partial charge in [-0.1, -0.05) is 0 Å². The highest BCUT2D eigenvalue weighted by atomic mass is 16.5. The molecule has 20 heavy (non-hydrogen) atoms. The van der Waals surface area contributed by atoms with Crippen molar-refractivity contribution in [2.75, 3.05) is 25.2 Å². The number of pyridine rings is 1. The van der Waals surface area contributed by atoms with Crippen molar-refractivity contribution in [2.45, 2.75) is 13.8 Å². The number of hydrogen-bond acceptors (Lipinski definition) is 4. The number of aromatic nitrogens is 1. The van der Waals surface area contributed by atoms with Gasteiger partial charge in [0.1, 0.15) is 11.5 Å². The van der Waals surface area contributed by atoms with E-state index in [1.54, 1.807) is 49.5 Å². The molecule has 0 aliphatic heterocycles. The summed E-state index contributed by atoms with van der Waals surface area (Å²) in [5, 5.41) is 0. The Bertz CT molecular complexity index is 578. The van der Waals surface area contributed by atoms with Crippen LogP contribution in [0.5, 0.6) is 0 Å². The first-order valence-corrected chi connectivity index (χ1v) is 6.41. The molecule has 1 amide bonds. The van der Waals surface area contributed by atoms with E-state index in [-0.39, 0.29) is 5.91 Å². The first-order valence-electron chi connectivity index (χ1n) is 6.41. The van der Waals surface area contributed by atoms with Gasteiger partial charge >= 0.3 is 0 Å². The standard InChI is InChI=1S/C15H18N2O3/c1-11-10-14(12(2)20-11)15(18)17(8-9-19-3)13-4-6-16-7-5-13/h4-7,10H,8-9H2,1-3H3. The fraction of sp³-hybridized carbons (Fsp3) is 0.333. The number of hydrogen-bond donors (Lipinski definition) is 0. The SMILES string of the molecule is COCCN(C(=O)c1cc(C)oc1C)c1ccncc1. The van der Waals surface area contributed by atoms with Crippen LogP contribution in [-0.4, -0.2) is 31.2 Å². The number of amides is 1. The fourth-order valence-electron chi connectivity index (χ4n) is 2.04. The predicted molar refractivity (Wildman–Crippen MR) is 76.0 cm³/mol. The molecule has 0 N–H and O–H groups in total. The Hall–Kier alpha value is -2.14. The average Bonchev–Trinajstić information content (AvgIpc) is 2.79. The van der Waals surface area contributed by atoms with Gasteiger partial charge in [0.25, 0.3) is 5.91 Å². The molecule has 0 aromatic carbocycles. The minimum Gasteiger partial charge on any atom is -0.466 e. The number of furan rings is 1. The van der Waals surface area contributed by atoms with E-state index in [1.807, 2.05) is 6.92 Å². The molecule has 0 fully saturated rings. The Morgan fingerprint density at radius 2 is 2.05 bits per heavy atom. The van der Waals surface area contributed by atoms with Crippen LogP contribution in [0.25, 0.3) is 0 Å². The summed E-state index contributed by atoms with van der Waals surface area (Å²) in [6.45, 7) is 4.56. The summed E-state index contributed by atoms with van der Waals surface area (Å²) in [5.41, 5.74) is 1.37. The molecule has 2 rings (SSSR count).